The summed E-state index contributed by atoms with van der Waals surface area (Å²) in [5, 5.41) is 0. The lowest BCUT2D eigenvalue weighted by Gasteiger charge is -2.22. The van der Waals surface area contributed by atoms with Crippen molar-refractivity contribution in [2.45, 2.75) is 26.4 Å². The number of benzene rings is 2. The molecule has 0 aromatic heterocycles. The van der Waals surface area contributed by atoms with Crippen molar-refractivity contribution in [3.63, 3.8) is 0 Å². The molecule has 1 aliphatic heterocycles. The first kappa shape index (κ1) is 15.5. The van der Waals surface area contributed by atoms with E-state index in [1.807, 2.05) is 25.1 Å². The highest BCUT2D eigenvalue weighted by atomic mass is 19.1. The number of rotatable bonds is 3. The Morgan fingerprint density at radius 3 is 2.78 bits per heavy atom. The monoisotopic (exact) mass is 317 g/mol. The Morgan fingerprint density at radius 1 is 1.26 bits per heavy atom. The highest BCUT2D eigenvalue weighted by molar-refractivity contribution is 5.98. The molecule has 1 heterocycles. The molecule has 2 aromatic carbocycles. The van der Waals surface area contributed by atoms with Gasteiger partial charge in [0.25, 0.3) is 5.91 Å². The van der Waals surface area contributed by atoms with Crippen molar-refractivity contribution >= 4 is 11.6 Å². The van der Waals surface area contributed by atoms with Crippen molar-refractivity contribution in [1.29, 1.82) is 0 Å². The summed E-state index contributed by atoms with van der Waals surface area (Å²) in [6.45, 7) is 3.90. The summed E-state index contributed by atoms with van der Waals surface area (Å²) in [4.78, 5) is 14.0. The summed E-state index contributed by atoms with van der Waals surface area (Å²) in [7, 11) is 0. The van der Waals surface area contributed by atoms with Crippen LogP contribution in [-0.2, 0) is 11.2 Å². The number of aryl methyl sites for hydroxylation is 1. The van der Waals surface area contributed by atoms with Gasteiger partial charge in [-0.1, -0.05) is 12.1 Å². The zero-order chi connectivity index (χ0) is 16.6. The van der Waals surface area contributed by atoms with E-state index < -0.39 is 17.7 Å². The average molecular weight is 317 g/mol. The summed E-state index contributed by atoms with van der Waals surface area (Å²) >= 11 is 0. The quantitative estimate of drug-likeness (QED) is 0.865. The van der Waals surface area contributed by atoms with Crippen molar-refractivity contribution in [2.75, 3.05) is 11.4 Å². The van der Waals surface area contributed by atoms with Crippen molar-refractivity contribution in [1.82, 2.24) is 0 Å². The van der Waals surface area contributed by atoms with Gasteiger partial charge in [0.05, 0.1) is 5.69 Å². The SMILES string of the molecule is Cc1cccc(OC(C)C(=O)N2CCc3c(F)cc(F)cc32)c1. The molecule has 0 radical (unpaired) electrons. The molecule has 1 unspecified atom stereocenters. The van der Waals surface area contributed by atoms with Crippen molar-refractivity contribution in [2.24, 2.45) is 0 Å². The van der Waals surface area contributed by atoms with Crippen LogP contribution in [-0.4, -0.2) is 18.6 Å². The van der Waals surface area contributed by atoms with Gasteiger partial charge in [0.1, 0.15) is 17.4 Å². The summed E-state index contributed by atoms with van der Waals surface area (Å²) < 4.78 is 32.9. The molecule has 3 nitrogen and oxygen atoms in total. The Balaban J connectivity index is 1.80. The lowest BCUT2D eigenvalue weighted by molar-refractivity contribution is -0.124. The van der Waals surface area contributed by atoms with E-state index in [0.29, 0.717) is 30.0 Å². The van der Waals surface area contributed by atoms with Crippen molar-refractivity contribution in [3.05, 3.63) is 59.2 Å². The van der Waals surface area contributed by atoms with E-state index in [1.54, 1.807) is 13.0 Å². The molecule has 120 valence electrons. The molecule has 1 atom stereocenters. The van der Waals surface area contributed by atoms with E-state index in [4.69, 9.17) is 4.74 Å². The number of carbonyl (C=O) groups excluding carboxylic acids is 1. The van der Waals surface area contributed by atoms with Crippen LogP contribution in [0.25, 0.3) is 0 Å². The minimum atomic E-state index is -0.742. The van der Waals surface area contributed by atoms with Crippen LogP contribution in [0.4, 0.5) is 14.5 Å². The van der Waals surface area contributed by atoms with E-state index in [9.17, 15) is 13.6 Å². The average Bonchev–Trinajstić information content (AvgIpc) is 2.90. The normalized spacial score (nSPS) is 14.5. The first-order valence-electron chi connectivity index (χ1n) is 7.48. The first-order valence-corrected chi connectivity index (χ1v) is 7.48. The Kier molecular flexibility index (Phi) is 4.03. The van der Waals surface area contributed by atoms with Crippen LogP contribution in [0.5, 0.6) is 5.75 Å². The number of nitrogens with zero attached hydrogens (tertiary/aromatic N) is 1. The van der Waals surface area contributed by atoms with E-state index in [-0.39, 0.29) is 5.91 Å². The third kappa shape index (κ3) is 3.04. The third-order valence-electron chi connectivity index (χ3n) is 3.93. The smallest absolute Gasteiger partial charge is 0.267 e. The van der Waals surface area contributed by atoms with Gasteiger partial charge in [-0.15, -0.1) is 0 Å². The van der Waals surface area contributed by atoms with E-state index in [2.05, 4.69) is 0 Å². The van der Waals surface area contributed by atoms with Gasteiger partial charge in [0, 0.05) is 18.2 Å². The Morgan fingerprint density at radius 2 is 2.04 bits per heavy atom. The molecule has 1 amide bonds. The number of hydrogen-bond donors (Lipinski definition) is 0. The molecule has 0 spiro atoms. The predicted molar refractivity (Wildman–Crippen MR) is 83.7 cm³/mol. The predicted octanol–water partition coefficient (Wildman–Crippen LogP) is 3.63. The lowest BCUT2D eigenvalue weighted by Crippen LogP contribution is -2.39. The first-order chi connectivity index (χ1) is 11.0. The fourth-order valence-corrected chi connectivity index (χ4v) is 2.81. The van der Waals surface area contributed by atoms with Crippen molar-refractivity contribution in [3.8, 4) is 5.75 Å². The van der Waals surface area contributed by atoms with E-state index in [1.165, 1.54) is 11.0 Å². The molecule has 3 rings (SSSR count). The minimum Gasteiger partial charge on any atom is -0.481 e. The molecule has 0 bridgehead atoms. The zero-order valence-electron chi connectivity index (χ0n) is 13.0. The van der Waals surface area contributed by atoms with Gasteiger partial charge in [-0.2, -0.15) is 0 Å². The lowest BCUT2D eigenvalue weighted by atomic mass is 10.1. The molecule has 1 aliphatic rings. The fraction of sp³-hybridized carbons (Fsp3) is 0.278. The summed E-state index contributed by atoms with van der Waals surface area (Å²) in [6, 6.07) is 9.43. The van der Waals surface area contributed by atoms with Gasteiger partial charge in [-0.25, -0.2) is 8.78 Å². The fourth-order valence-electron chi connectivity index (χ4n) is 2.81. The highest BCUT2D eigenvalue weighted by Crippen LogP contribution is 2.32. The molecule has 2 aromatic rings. The Labute approximate surface area is 133 Å². The molecular weight excluding hydrogens is 300 g/mol. The van der Waals surface area contributed by atoms with Gasteiger partial charge < -0.3 is 9.64 Å². The second kappa shape index (κ2) is 5.99. The van der Waals surface area contributed by atoms with Crippen LogP contribution < -0.4 is 9.64 Å². The topological polar surface area (TPSA) is 29.5 Å². The third-order valence-corrected chi connectivity index (χ3v) is 3.93. The van der Waals surface area contributed by atoms with Crippen LogP contribution in [0.2, 0.25) is 0 Å². The van der Waals surface area contributed by atoms with E-state index >= 15 is 0 Å². The summed E-state index contributed by atoms with van der Waals surface area (Å²) in [6.07, 6.45) is -0.362. The Hall–Kier alpha value is -2.43. The zero-order valence-corrected chi connectivity index (χ0v) is 13.0. The second-order valence-electron chi connectivity index (χ2n) is 5.70. The van der Waals surface area contributed by atoms with Gasteiger partial charge in [-0.3, -0.25) is 4.79 Å². The standard InChI is InChI=1S/C18H17F2NO2/c1-11-4-3-5-14(8-11)23-12(2)18(22)21-7-6-15-16(20)9-13(19)10-17(15)21/h3-5,8-10,12H,6-7H2,1-2H3. The summed E-state index contributed by atoms with van der Waals surface area (Å²) in [5.74, 6) is -1.01. The number of carbonyl (C=O) groups is 1. The minimum absolute atomic E-state index is 0.298. The number of anilines is 1. The molecular formula is C18H17F2NO2. The number of halogens is 2. The molecule has 0 saturated heterocycles. The molecule has 0 aliphatic carbocycles. The molecule has 0 N–H and O–H groups in total. The number of hydrogen-bond acceptors (Lipinski definition) is 2. The van der Waals surface area contributed by atoms with Crippen LogP contribution in [0.3, 0.4) is 0 Å². The number of amides is 1. The van der Waals surface area contributed by atoms with E-state index in [0.717, 1.165) is 11.6 Å². The van der Waals surface area contributed by atoms with Gasteiger partial charge in [0.15, 0.2) is 6.10 Å². The number of fused-ring (bicyclic) bond motifs is 1. The number of ether oxygens (including phenoxy) is 1. The maximum atomic E-state index is 13.8. The van der Waals surface area contributed by atoms with Gasteiger partial charge in [-0.05, 0) is 44.0 Å². The van der Waals surface area contributed by atoms with Gasteiger partial charge in [0.2, 0.25) is 0 Å². The van der Waals surface area contributed by atoms with Crippen LogP contribution in [0.1, 0.15) is 18.1 Å². The molecule has 5 heteroatoms. The summed E-state index contributed by atoms with van der Waals surface area (Å²) in [5.41, 5.74) is 1.70. The molecule has 0 saturated carbocycles. The van der Waals surface area contributed by atoms with Crippen LogP contribution in [0, 0.1) is 18.6 Å². The van der Waals surface area contributed by atoms with Gasteiger partial charge >= 0.3 is 0 Å². The maximum absolute atomic E-state index is 13.8. The van der Waals surface area contributed by atoms with Crippen LogP contribution in [0.15, 0.2) is 36.4 Å². The maximum Gasteiger partial charge on any atom is 0.267 e. The van der Waals surface area contributed by atoms with Crippen LogP contribution >= 0.6 is 0 Å². The molecule has 23 heavy (non-hydrogen) atoms. The Bertz CT molecular complexity index is 761. The van der Waals surface area contributed by atoms with Crippen molar-refractivity contribution < 1.29 is 18.3 Å². The second-order valence-corrected chi connectivity index (χ2v) is 5.70. The molecule has 0 fully saturated rings. The largest absolute Gasteiger partial charge is 0.481 e. The highest BCUT2D eigenvalue weighted by Gasteiger charge is 2.31.